The monoisotopic (exact) mass is 552 g/mol. The molecule has 0 N–H and O–H groups in total. The molecule has 1 aromatic carbocycles. The standard InChI is InChI=1S/C38H67N2/c1-3-5-7-9-11-12-13-14-15-16-17-18-19-20-22-27-33-39-35-36-40(34-28-31-37-29-24-23-25-30-37)38(39)32-26-21-10-8-6-4-2/h23-25,29-30,35-36H,3-22,26-28,31-34H2,1-2H3/q+1. The van der Waals surface area contributed by atoms with Gasteiger partial charge in [0, 0.05) is 6.42 Å². The van der Waals surface area contributed by atoms with E-state index in [9.17, 15) is 0 Å². The maximum Gasteiger partial charge on any atom is 0.256 e. The Morgan fingerprint density at radius 3 is 1.50 bits per heavy atom. The maximum atomic E-state index is 2.60. The molecular formula is C38H67N2+. The molecule has 1 heterocycles. The average molecular weight is 552 g/mol. The van der Waals surface area contributed by atoms with Crippen molar-refractivity contribution in [3.05, 3.63) is 54.1 Å². The molecule has 1 aromatic heterocycles. The Bertz CT molecular complexity index is 793. The lowest BCUT2D eigenvalue weighted by atomic mass is 10.0. The number of benzene rings is 1. The van der Waals surface area contributed by atoms with Crippen LogP contribution in [-0.2, 0) is 25.9 Å². The van der Waals surface area contributed by atoms with E-state index in [-0.39, 0.29) is 0 Å². The van der Waals surface area contributed by atoms with Gasteiger partial charge in [-0.2, -0.15) is 0 Å². The van der Waals surface area contributed by atoms with Gasteiger partial charge in [-0.3, -0.25) is 0 Å². The number of unbranched alkanes of at least 4 members (excludes halogenated alkanes) is 20. The van der Waals surface area contributed by atoms with Crippen LogP contribution in [0.5, 0.6) is 0 Å². The van der Waals surface area contributed by atoms with E-state index in [2.05, 4.69) is 65.7 Å². The summed E-state index contributed by atoms with van der Waals surface area (Å²) in [5, 5.41) is 0. The molecule has 0 aliphatic rings. The first kappa shape index (κ1) is 34.6. The normalized spacial score (nSPS) is 11.4. The van der Waals surface area contributed by atoms with Crippen molar-refractivity contribution < 1.29 is 4.57 Å². The molecular weight excluding hydrogens is 484 g/mol. The van der Waals surface area contributed by atoms with Gasteiger partial charge in [-0.25, -0.2) is 9.13 Å². The molecule has 0 amide bonds. The number of imidazole rings is 1. The smallest absolute Gasteiger partial charge is 0.234 e. The quantitative estimate of drug-likeness (QED) is 0.0734. The van der Waals surface area contributed by atoms with Gasteiger partial charge in [0.2, 0.25) is 0 Å². The molecule has 0 spiro atoms. The minimum absolute atomic E-state index is 1.14. The Kier molecular flexibility index (Phi) is 21.8. The third-order valence-corrected chi connectivity index (χ3v) is 8.80. The van der Waals surface area contributed by atoms with Crippen LogP contribution in [0.4, 0.5) is 0 Å². The van der Waals surface area contributed by atoms with Gasteiger partial charge in [-0.15, -0.1) is 0 Å². The van der Waals surface area contributed by atoms with Crippen LogP contribution >= 0.6 is 0 Å². The molecule has 0 saturated heterocycles. The molecule has 0 bridgehead atoms. The Morgan fingerprint density at radius 1 is 0.500 bits per heavy atom. The van der Waals surface area contributed by atoms with Crippen LogP contribution in [0.1, 0.15) is 173 Å². The zero-order valence-electron chi connectivity index (χ0n) is 27.0. The predicted octanol–water partition coefficient (Wildman–Crippen LogP) is 11.6. The summed E-state index contributed by atoms with van der Waals surface area (Å²) >= 11 is 0. The first-order valence-electron chi connectivity index (χ1n) is 18.0. The van der Waals surface area contributed by atoms with Gasteiger partial charge in [-0.05, 0) is 37.7 Å². The SMILES string of the molecule is CCCCCCCCCCCCCCCCCCn1cc[n+](CCCc2ccccc2)c1CCCCCCCC. The molecule has 228 valence electrons. The number of hydrogen-bond acceptors (Lipinski definition) is 0. The summed E-state index contributed by atoms with van der Waals surface area (Å²) in [6, 6.07) is 11.0. The highest BCUT2D eigenvalue weighted by atomic mass is 15.1. The number of rotatable bonds is 28. The highest BCUT2D eigenvalue weighted by molar-refractivity contribution is 5.14. The lowest BCUT2D eigenvalue weighted by Crippen LogP contribution is -2.37. The van der Waals surface area contributed by atoms with E-state index in [0.717, 1.165) is 6.54 Å². The van der Waals surface area contributed by atoms with E-state index in [1.807, 2.05) is 0 Å². The van der Waals surface area contributed by atoms with Crippen LogP contribution in [0.25, 0.3) is 0 Å². The van der Waals surface area contributed by atoms with Crippen molar-refractivity contribution in [2.45, 2.75) is 187 Å². The van der Waals surface area contributed by atoms with E-state index in [0.29, 0.717) is 0 Å². The summed E-state index contributed by atoms with van der Waals surface area (Å²) in [7, 11) is 0. The van der Waals surface area contributed by atoms with E-state index < -0.39 is 0 Å². The zero-order chi connectivity index (χ0) is 28.4. The van der Waals surface area contributed by atoms with Crippen molar-refractivity contribution in [1.82, 2.24) is 4.57 Å². The minimum atomic E-state index is 1.14. The highest BCUT2D eigenvalue weighted by Crippen LogP contribution is 2.15. The average Bonchev–Trinajstić information content (AvgIpc) is 3.36. The topological polar surface area (TPSA) is 8.81 Å². The summed E-state index contributed by atoms with van der Waals surface area (Å²) < 4.78 is 5.17. The summed E-state index contributed by atoms with van der Waals surface area (Å²) in [4.78, 5) is 0. The number of aryl methyl sites for hydroxylation is 3. The molecule has 0 atom stereocenters. The fourth-order valence-electron chi connectivity index (χ4n) is 6.18. The van der Waals surface area contributed by atoms with Gasteiger partial charge in [0.25, 0.3) is 5.82 Å². The van der Waals surface area contributed by atoms with Gasteiger partial charge in [0.05, 0.1) is 13.1 Å². The Labute approximate surface area is 250 Å². The molecule has 2 rings (SSSR count). The third-order valence-electron chi connectivity index (χ3n) is 8.80. The van der Waals surface area contributed by atoms with E-state index >= 15 is 0 Å². The van der Waals surface area contributed by atoms with Crippen molar-refractivity contribution in [2.24, 2.45) is 0 Å². The lowest BCUT2D eigenvalue weighted by Gasteiger charge is -2.07. The highest BCUT2D eigenvalue weighted by Gasteiger charge is 2.16. The first-order chi connectivity index (χ1) is 19.8. The zero-order valence-corrected chi connectivity index (χ0v) is 27.0. The second-order valence-corrected chi connectivity index (χ2v) is 12.5. The molecule has 0 saturated carbocycles. The van der Waals surface area contributed by atoms with Gasteiger partial charge >= 0.3 is 0 Å². The van der Waals surface area contributed by atoms with Crippen molar-refractivity contribution in [3.63, 3.8) is 0 Å². The molecule has 0 fully saturated rings. The second kappa shape index (κ2) is 25.2. The first-order valence-corrected chi connectivity index (χ1v) is 18.0. The molecule has 2 heteroatoms. The van der Waals surface area contributed by atoms with E-state index in [4.69, 9.17) is 0 Å². The number of hydrogen-bond donors (Lipinski definition) is 0. The fourth-order valence-corrected chi connectivity index (χ4v) is 6.18. The lowest BCUT2D eigenvalue weighted by molar-refractivity contribution is -0.704. The van der Waals surface area contributed by atoms with Crippen LogP contribution in [0, 0.1) is 0 Å². The van der Waals surface area contributed by atoms with Crippen LogP contribution < -0.4 is 4.57 Å². The molecule has 0 aliphatic carbocycles. The molecule has 2 aromatic rings. The van der Waals surface area contributed by atoms with Crippen LogP contribution in [0.15, 0.2) is 42.7 Å². The maximum absolute atomic E-state index is 2.60. The predicted molar refractivity (Wildman–Crippen MR) is 176 cm³/mol. The van der Waals surface area contributed by atoms with E-state index in [1.54, 1.807) is 5.82 Å². The number of nitrogens with zero attached hydrogens (tertiary/aromatic N) is 2. The largest absolute Gasteiger partial charge is 0.256 e. The minimum Gasteiger partial charge on any atom is -0.234 e. The van der Waals surface area contributed by atoms with Gasteiger partial charge < -0.3 is 0 Å². The summed E-state index contributed by atoms with van der Waals surface area (Å²) in [5.41, 5.74) is 1.47. The molecule has 0 unspecified atom stereocenters. The third kappa shape index (κ3) is 17.3. The molecule has 2 nitrogen and oxygen atoms in total. The van der Waals surface area contributed by atoms with Gasteiger partial charge in [0.1, 0.15) is 12.4 Å². The Morgan fingerprint density at radius 2 is 0.975 bits per heavy atom. The molecule has 40 heavy (non-hydrogen) atoms. The van der Waals surface area contributed by atoms with Crippen LogP contribution in [-0.4, -0.2) is 4.57 Å². The summed E-state index contributed by atoms with van der Waals surface area (Å²) in [6.45, 7) is 6.96. The summed E-state index contributed by atoms with van der Waals surface area (Å²) in [5.74, 6) is 1.57. The van der Waals surface area contributed by atoms with Crippen molar-refractivity contribution >= 4 is 0 Å². The van der Waals surface area contributed by atoms with Gasteiger partial charge in [-0.1, -0.05) is 166 Å². The second-order valence-electron chi connectivity index (χ2n) is 12.5. The summed E-state index contributed by atoms with van der Waals surface area (Å²) in [6.07, 6.45) is 39.7. The van der Waals surface area contributed by atoms with Crippen molar-refractivity contribution in [1.29, 1.82) is 0 Å². The van der Waals surface area contributed by atoms with Crippen LogP contribution in [0.2, 0.25) is 0 Å². The Hall–Kier alpha value is -1.57. The molecule has 0 aliphatic heterocycles. The van der Waals surface area contributed by atoms with E-state index in [1.165, 1.54) is 173 Å². The van der Waals surface area contributed by atoms with Crippen molar-refractivity contribution in [2.75, 3.05) is 0 Å². The van der Waals surface area contributed by atoms with Gasteiger partial charge in [0.15, 0.2) is 0 Å². The van der Waals surface area contributed by atoms with Crippen molar-refractivity contribution in [3.8, 4) is 0 Å². The fraction of sp³-hybridized carbons (Fsp3) is 0.763. The molecule has 0 radical (unpaired) electrons. The Balaban J connectivity index is 1.58. The van der Waals surface area contributed by atoms with Crippen LogP contribution in [0.3, 0.4) is 0 Å². The number of aromatic nitrogens is 2.